The molecule has 4 rings (SSSR count). The number of aryl methyl sites for hydroxylation is 3. The molecule has 0 heterocycles. The van der Waals surface area contributed by atoms with E-state index in [9.17, 15) is 18.0 Å². The summed E-state index contributed by atoms with van der Waals surface area (Å²) in [6.07, 6.45) is 4.61. The van der Waals surface area contributed by atoms with Crippen molar-refractivity contribution in [1.29, 1.82) is 0 Å². The zero-order valence-corrected chi connectivity index (χ0v) is 25.3. The Morgan fingerprint density at radius 1 is 0.927 bits per heavy atom. The van der Waals surface area contributed by atoms with Crippen LogP contribution < -0.4 is 9.62 Å². The Balaban J connectivity index is 1.71. The van der Waals surface area contributed by atoms with Gasteiger partial charge in [0.25, 0.3) is 10.0 Å². The molecule has 3 aromatic rings. The molecular formula is C33H41N3O4S. The molecule has 1 unspecified atom stereocenters. The van der Waals surface area contributed by atoms with Crippen molar-refractivity contribution in [3.05, 3.63) is 95.1 Å². The van der Waals surface area contributed by atoms with E-state index in [-0.39, 0.29) is 23.4 Å². The van der Waals surface area contributed by atoms with Crippen LogP contribution in [0.15, 0.2) is 77.7 Å². The molecule has 1 N–H and O–H groups in total. The summed E-state index contributed by atoms with van der Waals surface area (Å²) < 4.78 is 29.4. The summed E-state index contributed by atoms with van der Waals surface area (Å²) in [5.41, 5.74) is 4.13. The van der Waals surface area contributed by atoms with Crippen molar-refractivity contribution in [3.63, 3.8) is 0 Å². The number of hydrogen-bond acceptors (Lipinski definition) is 4. The van der Waals surface area contributed by atoms with Crippen LogP contribution in [0, 0.1) is 13.8 Å². The van der Waals surface area contributed by atoms with Crippen molar-refractivity contribution < 1.29 is 18.0 Å². The first-order valence-corrected chi connectivity index (χ1v) is 15.9. The first-order chi connectivity index (χ1) is 19.6. The summed E-state index contributed by atoms with van der Waals surface area (Å²) in [6.45, 7) is 7.30. The summed E-state index contributed by atoms with van der Waals surface area (Å²) in [4.78, 5) is 29.2. The van der Waals surface area contributed by atoms with Crippen LogP contribution in [0.1, 0.15) is 61.8 Å². The van der Waals surface area contributed by atoms with Crippen LogP contribution in [0.25, 0.3) is 0 Å². The molecule has 8 heteroatoms. The van der Waals surface area contributed by atoms with Crippen LogP contribution >= 0.6 is 0 Å². The number of carbonyl (C=O) groups is 2. The smallest absolute Gasteiger partial charge is 0.264 e. The van der Waals surface area contributed by atoms with E-state index in [4.69, 9.17) is 0 Å². The summed E-state index contributed by atoms with van der Waals surface area (Å²) in [7, 11) is -4.09. The molecule has 1 aliphatic carbocycles. The number of anilines is 1. The van der Waals surface area contributed by atoms with Gasteiger partial charge in [-0.3, -0.25) is 13.9 Å². The van der Waals surface area contributed by atoms with E-state index in [1.807, 2.05) is 57.2 Å². The molecule has 0 saturated heterocycles. The van der Waals surface area contributed by atoms with Crippen molar-refractivity contribution >= 4 is 27.5 Å². The van der Waals surface area contributed by atoms with Crippen molar-refractivity contribution in [2.75, 3.05) is 10.8 Å². The Morgan fingerprint density at radius 3 is 2.27 bits per heavy atom. The van der Waals surface area contributed by atoms with Gasteiger partial charge in [0.1, 0.15) is 12.6 Å². The maximum Gasteiger partial charge on any atom is 0.264 e. The fraction of sp³-hybridized carbons (Fsp3) is 0.394. The molecule has 41 heavy (non-hydrogen) atoms. The molecule has 0 aliphatic heterocycles. The number of nitrogens with one attached hydrogen (secondary N) is 1. The molecule has 0 spiro atoms. The van der Waals surface area contributed by atoms with Gasteiger partial charge < -0.3 is 10.2 Å². The lowest BCUT2D eigenvalue weighted by molar-refractivity contribution is -0.139. The van der Waals surface area contributed by atoms with Gasteiger partial charge >= 0.3 is 0 Å². The first-order valence-electron chi connectivity index (χ1n) is 14.4. The standard InChI is InChI=1S/C33H41N3O4S/c1-5-28-13-6-9-16-31(28)36(41(39,40)30-19-17-24(2)18-20-30)23-32(37)35(22-27-12-10-11-25(3)21-27)26(4)33(38)34-29-14-7-8-15-29/h6,9-13,16-21,26,29H,5,7-8,14-15,22-23H2,1-4H3,(H,34,38). The Hall–Kier alpha value is -3.65. The third-order valence-corrected chi connectivity index (χ3v) is 9.61. The number of amides is 2. The van der Waals surface area contributed by atoms with Gasteiger partial charge in [0.2, 0.25) is 11.8 Å². The average Bonchev–Trinajstić information content (AvgIpc) is 3.47. The third-order valence-electron chi connectivity index (χ3n) is 7.83. The SMILES string of the molecule is CCc1ccccc1N(CC(=O)N(Cc1cccc(C)c1)C(C)C(=O)NC1CCCC1)S(=O)(=O)c1ccc(C)cc1. The molecule has 1 atom stereocenters. The summed E-state index contributed by atoms with van der Waals surface area (Å²) in [5.74, 6) is -0.665. The van der Waals surface area contributed by atoms with Crippen molar-refractivity contribution in [3.8, 4) is 0 Å². The molecule has 7 nitrogen and oxygen atoms in total. The van der Waals surface area contributed by atoms with Gasteiger partial charge in [0.05, 0.1) is 10.6 Å². The van der Waals surface area contributed by atoms with Gasteiger partial charge in [-0.1, -0.05) is 85.5 Å². The lowest BCUT2D eigenvalue weighted by Crippen LogP contribution is -2.52. The molecule has 1 fully saturated rings. The van der Waals surface area contributed by atoms with Gasteiger partial charge in [-0.05, 0) is 69.4 Å². The number of nitrogens with zero attached hydrogens (tertiary/aromatic N) is 2. The van der Waals surface area contributed by atoms with Gasteiger partial charge in [0.15, 0.2) is 0 Å². The fourth-order valence-electron chi connectivity index (χ4n) is 5.39. The predicted molar refractivity (Wildman–Crippen MR) is 163 cm³/mol. The normalized spacial score (nSPS) is 14.4. The number of hydrogen-bond donors (Lipinski definition) is 1. The highest BCUT2D eigenvalue weighted by molar-refractivity contribution is 7.92. The van der Waals surface area contributed by atoms with E-state index >= 15 is 0 Å². The number of benzene rings is 3. The second kappa shape index (κ2) is 13.3. The van der Waals surface area contributed by atoms with Crippen LogP contribution in [-0.4, -0.2) is 43.8 Å². The van der Waals surface area contributed by atoms with Crippen molar-refractivity contribution in [2.45, 2.75) is 83.3 Å². The largest absolute Gasteiger partial charge is 0.352 e. The zero-order valence-electron chi connectivity index (χ0n) is 24.5. The molecule has 1 saturated carbocycles. The molecule has 218 valence electrons. The molecule has 2 amide bonds. The van der Waals surface area contributed by atoms with E-state index in [1.165, 1.54) is 9.21 Å². The van der Waals surface area contributed by atoms with Crippen LogP contribution in [0.3, 0.4) is 0 Å². The molecule has 3 aromatic carbocycles. The minimum atomic E-state index is -4.09. The Morgan fingerprint density at radius 2 is 1.61 bits per heavy atom. The Kier molecular flexibility index (Phi) is 9.86. The topological polar surface area (TPSA) is 86.8 Å². The maximum atomic E-state index is 14.2. The van der Waals surface area contributed by atoms with E-state index in [0.29, 0.717) is 12.1 Å². The quantitative estimate of drug-likeness (QED) is 0.325. The van der Waals surface area contributed by atoms with E-state index in [2.05, 4.69) is 5.32 Å². The fourth-order valence-corrected chi connectivity index (χ4v) is 6.84. The second-order valence-corrected chi connectivity index (χ2v) is 12.8. The van der Waals surface area contributed by atoms with Crippen LogP contribution in [0.4, 0.5) is 5.69 Å². The minimum absolute atomic E-state index is 0.107. The number of para-hydroxylation sites is 1. The van der Waals surface area contributed by atoms with Crippen molar-refractivity contribution in [1.82, 2.24) is 10.2 Å². The maximum absolute atomic E-state index is 14.2. The van der Waals surface area contributed by atoms with Gasteiger partial charge in [-0.15, -0.1) is 0 Å². The summed E-state index contributed by atoms with van der Waals surface area (Å²) >= 11 is 0. The predicted octanol–water partition coefficient (Wildman–Crippen LogP) is 5.54. The number of sulfonamides is 1. The van der Waals surface area contributed by atoms with Gasteiger partial charge in [0, 0.05) is 12.6 Å². The number of carbonyl (C=O) groups excluding carboxylic acids is 2. The van der Waals surface area contributed by atoms with Crippen molar-refractivity contribution in [2.24, 2.45) is 0 Å². The van der Waals surface area contributed by atoms with E-state index < -0.39 is 28.5 Å². The lowest BCUT2D eigenvalue weighted by atomic mass is 10.1. The Bertz CT molecular complexity index is 1460. The zero-order chi connectivity index (χ0) is 29.6. The van der Waals surface area contributed by atoms with E-state index in [1.54, 1.807) is 43.3 Å². The summed E-state index contributed by atoms with van der Waals surface area (Å²) in [5, 5.41) is 3.11. The molecule has 1 aliphatic rings. The molecule has 0 bridgehead atoms. The summed E-state index contributed by atoms with van der Waals surface area (Å²) in [6, 6.07) is 21.0. The first kappa shape index (κ1) is 30.3. The van der Waals surface area contributed by atoms with Gasteiger partial charge in [-0.25, -0.2) is 8.42 Å². The minimum Gasteiger partial charge on any atom is -0.352 e. The Labute approximate surface area is 244 Å². The highest BCUT2D eigenvalue weighted by atomic mass is 32.2. The molecule has 0 radical (unpaired) electrons. The van der Waals surface area contributed by atoms with Crippen LogP contribution in [0.2, 0.25) is 0 Å². The van der Waals surface area contributed by atoms with E-state index in [0.717, 1.165) is 47.9 Å². The van der Waals surface area contributed by atoms with Crippen LogP contribution in [-0.2, 0) is 32.6 Å². The molecular weight excluding hydrogens is 534 g/mol. The van der Waals surface area contributed by atoms with Crippen LogP contribution in [0.5, 0.6) is 0 Å². The highest BCUT2D eigenvalue weighted by Crippen LogP contribution is 2.28. The monoisotopic (exact) mass is 575 g/mol. The third kappa shape index (κ3) is 7.36. The lowest BCUT2D eigenvalue weighted by Gasteiger charge is -2.33. The molecule has 0 aromatic heterocycles. The second-order valence-electron chi connectivity index (χ2n) is 11.0. The highest BCUT2D eigenvalue weighted by Gasteiger charge is 2.34. The number of rotatable bonds is 11. The average molecular weight is 576 g/mol. The van der Waals surface area contributed by atoms with Gasteiger partial charge in [-0.2, -0.15) is 0 Å².